The first kappa shape index (κ1) is 34.1. The number of carbonyl (C=O) groups is 4. The van der Waals surface area contributed by atoms with Gasteiger partial charge in [-0.1, -0.05) is 33.1 Å². The van der Waals surface area contributed by atoms with Crippen molar-refractivity contribution in [3.63, 3.8) is 0 Å². The predicted molar refractivity (Wildman–Crippen MR) is 158 cm³/mol. The highest BCUT2D eigenvalue weighted by atomic mass is 16.4. The number of nitrogens with zero attached hydrogens (tertiary/aromatic N) is 4. The van der Waals surface area contributed by atoms with E-state index in [1.165, 1.54) is 0 Å². The number of amides is 2. The summed E-state index contributed by atoms with van der Waals surface area (Å²) in [4.78, 5) is 55.9. The van der Waals surface area contributed by atoms with E-state index in [-0.39, 0.29) is 31.4 Å². The number of unbranched alkanes of at least 4 members (excludes halogenated alkanes) is 3. The van der Waals surface area contributed by atoms with Crippen LogP contribution < -0.4 is 10.6 Å². The van der Waals surface area contributed by atoms with Gasteiger partial charge in [0.15, 0.2) is 0 Å². The minimum Gasteiger partial charge on any atom is -0.480 e. The SMILES string of the molecule is CCCCCCNC(=O)c1ccc(NC(=O)CN2CCN(CC)CCN(CC(=O)O)CCN(CC(=O)O)CC2)cc1. The van der Waals surface area contributed by atoms with Crippen LogP contribution in [-0.4, -0.2) is 139 Å². The molecule has 41 heavy (non-hydrogen) atoms. The molecule has 230 valence electrons. The second-order valence-corrected chi connectivity index (χ2v) is 10.5. The average molecular weight is 577 g/mol. The number of likely N-dealkylation sites (N-methyl/N-ethyl adjacent to an activating group) is 1. The van der Waals surface area contributed by atoms with E-state index in [2.05, 4.69) is 29.4 Å². The number of hydrogen-bond donors (Lipinski definition) is 4. The molecule has 2 rings (SSSR count). The molecule has 0 unspecified atom stereocenters. The van der Waals surface area contributed by atoms with Crippen molar-refractivity contribution in [3.8, 4) is 0 Å². The van der Waals surface area contributed by atoms with Crippen LogP contribution in [0, 0.1) is 0 Å². The topological polar surface area (TPSA) is 146 Å². The van der Waals surface area contributed by atoms with Gasteiger partial charge in [0, 0.05) is 70.2 Å². The third-order valence-electron chi connectivity index (χ3n) is 7.21. The van der Waals surface area contributed by atoms with E-state index >= 15 is 0 Å². The molecule has 1 aliphatic rings. The summed E-state index contributed by atoms with van der Waals surface area (Å²) in [5.41, 5.74) is 1.15. The van der Waals surface area contributed by atoms with Crippen molar-refractivity contribution in [2.75, 3.05) is 90.4 Å². The third-order valence-corrected chi connectivity index (χ3v) is 7.21. The first-order valence-corrected chi connectivity index (χ1v) is 14.7. The highest BCUT2D eigenvalue weighted by Gasteiger charge is 2.20. The molecule has 1 aliphatic heterocycles. The van der Waals surface area contributed by atoms with Crippen LogP contribution in [0.5, 0.6) is 0 Å². The van der Waals surface area contributed by atoms with Gasteiger partial charge in [-0.15, -0.1) is 0 Å². The standard InChI is InChI=1S/C29H48N6O6/c1-3-5-6-7-12-30-29(41)24-8-10-25(11-9-24)31-26(36)21-33-15-13-32(4-2)14-16-34(22-27(37)38)19-20-35(18-17-33)23-28(39)40/h8-11H,3-7,12-23H2,1-2H3,(H,30,41)(H,31,36)(H,37,38)(H,39,40). The monoisotopic (exact) mass is 576 g/mol. The smallest absolute Gasteiger partial charge is 0.317 e. The van der Waals surface area contributed by atoms with Gasteiger partial charge in [0.1, 0.15) is 0 Å². The number of carbonyl (C=O) groups excluding carboxylic acids is 2. The van der Waals surface area contributed by atoms with Gasteiger partial charge in [0.2, 0.25) is 5.91 Å². The number of carboxylic acid groups (broad SMARTS) is 2. The van der Waals surface area contributed by atoms with Crippen LogP contribution in [0.25, 0.3) is 0 Å². The van der Waals surface area contributed by atoms with E-state index in [9.17, 15) is 29.4 Å². The van der Waals surface area contributed by atoms with E-state index in [1.54, 1.807) is 29.2 Å². The van der Waals surface area contributed by atoms with Gasteiger partial charge >= 0.3 is 11.9 Å². The number of carboxylic acids is 2. The lowest BCUT2D eigenvalue weighted by Crippen LogP contribution is -2.48. The normalized spacial score (nSPS) is 16.8. The van der Waals surface area contributed by atoms with E-state index in [1.807, 2.05) is 9.80 Å². The largest absolute Gasteiger partial charge is 0.480 e. The Balaban J connectivity index is 1.96. The Morgan fingerprint density at radius 2 is 1.17 bits per heavy atom. The van der Waals surface area contributed by atoms with Crippen molar-refractivity contribution in [2.24, 2.45) is 0 Å². The number of aliphatic carboxylic acids is 2. The molecule has 1 heterocycles. The quantitative estimate of drug-likeness (QED) is 0.239. The van der Waals surface area contributed by atoms with Gasteiger partial charge < -0.3 is 25.7 Å². The molecule has 0 aliphatic carbocycles. The third kappa shape index (κ3) is 14.4. The van der Waals surface area contributed by atoms with Crippen LogP contribution in [0.2, 0.25) is 0 Å². The van der Waals surface area contributed by atoms with Gasteiger partial charge in [-0.05, 0) is 37.2 Å². The maximum atomic E-state index is 12.9. The molecule has 1 aromatic rings. The Bertz CT molecular complexity index is 960. The van der Waals surface area contributed by atoms with Gasteiger partial charge in [-0.25, -0.2) is 0 Å². The fourth-order valence-electron chi connectivity index (χ4n) is 4.72. The predicted octanol–water partition coefficient (Wildman–Crippen LogP) is 1.35. The Kier molecular flexibility index (Phi) is 15.9. The number of hydrogen-bond acceptors (Lipinski definition) is 8. The van der Waals surface area contributed by atoms with Crippen LogP contribution in [0.3, 0.4) is 0 Å². The molecule has 1 fully saturated rings. The zero-order valence-electron chi connectivity index (χ0n) is 24.6. The number of rotatable bonds is 14. The molecule has 2 amide bonds. The molecule has 12 nitrogen and oxygen atoms in total. The molecule has 12 heteroatoms. The van der Waals surface area contributed by atoms with Crippen molar-refractivity contribution < 1.29 is 29.4 Å². The lowest BCUT2D eigenvalue weighted by molar-refractivity contribution is -0.140. The minimum atomic E-state index is -0.947. The van der Waals surface area contributed by atoms with E-state index in [0.717, 1.165) is 32.2 Å². The van der Waals surface area contributed by atoms with Gasteiger partial charge in [-0.2, -0.15) is 0 Å². The number of benzene rings is 1. The van der Waals surface area contributed by atoms with Crippen LogP contribution >= 0.6 is 0 Å². The Morgan fingerprint density at radius 3 is 1.63 bits per heavy atom. The van der Waals surface area contributed by atoms with Crippen molar-refractivity contribution in [1.29, 1.82) is 0 Å². The van der Waals surface area contributed by atoms with E-state index < -0.39 is 11.9 Å². The second-order valence-electron chi connectivity index (χ2n) is 10.5. The first-order valence-electron chi connectivity index (χ1n) is 14.7. The fourth-order valence-corrected chi connectivity index (χ4v) is 4.72. The van der Waals surface area contributed by atoms with Crippen molar-refractivity contribution in [2.45, 2.75) is 39.5 Å². The Labute approximate surface area is 243 Å². The summed E-state index contributed by atoms with van der Waals surface area (Å²) in [6.07, 6.45) is 4.36. The molecule has 1 saturated heterocycles. The summed E-state index contributed by atoms with van der Waals surface area (Å²) in [6.45, 7) is 9.90. The molecular formula is C29H48N6O6. The number of nitrogens with one attached hydrogen (secondary N) is 2. The lowest BCUT2D eigenvalue weighted by Gasteiger charge is -2.33. The van der Waals surface area contributed by atoms with Crippen molar-refractivity contribution >= 4 is 29.4 Å². The Hall–Kier alpha value is -3.06. The van der Waals surface area contributed by atoms with E-state index in [0.29, 0.717) is 70.2 Å². The minimum absolute atomic E-state index is 0.0878. The summed E-state index contributed by atoms with van der Waals surface area (Å²) >= 11 is 0. The van der Waals surface area contributed by atoms with Crippen LogP contribution in [-0.2, 0) is 14.4 Å². The fraction of sp³-hybridized carbons (Fsp3) is 0.655. The number of anilines is 1. The zero-order valence-corrected chi connectivity index (χ0v) is 24.6. The maximum Gasteiger partial charge on any atom is 0.317 e. The van der Waals surface area contributed by atoms with Gasteiger partial charge in [-0.3, -0.25) is 33.9 Å². The maximum absolute atomic E-state index is 12.9. The van der Waals surface area contributed by atoms with Crippen molar-refractivity contribution in [1.82, 2.24) is 24.9 Å². The summed E-state index contributed by atoms with van der Waals surface area (Å²) < 4.78 is 0. The van der Waals surface area contributed by atoms with Gasteiger partial charge in [0.05, 0.1) is 19.6 Å². The molecule has 0 radical (unpaired) electrons. The summed E-state index contributed by atoms with van der Waals surface area (Å²) in [5, 5.41) is 24.5. The van der Waals surface area contributed by atoms with Crippen LogP contribution in [0.1, 0.15) is 49.9 Å². The van der Waals surface area contributed by atoms with Crippen LogP contribution in [0.4, 0.5) is 5.69 Å². The Morgan fingerprint density at radius 1 is 0.683 bits per heavy atom. The highest BCUT2D eigenvalue weighted by molar-refractivity contribution is 5.96. The molecule has 0 saturated carbocycles. The van der Waals surface area contributed by atoms with E-state index in [4.69, 9.17) is 0 Å². The molecule has 0 aromatic heterocycles. The molecule has 0 spiro atoms. The summed E-state index contributed by atoms with van der Waals surface area (Å²) in [5.74, 6) is -2.17. The summed E-state index contributed by atoms with van der Waals surface area (Å²) in [7, 11) is 0. The molecule has 4 N–H and O–H groups in total. The summed E-state index contributed by atoms with van der Waals surface area (Å²) in [6, 6.07) is 6.83. The molecule has 0 atom stereocenters. The molecular weight excluding hydrogens is 528 g/mol. The highest BCUT2D eigenvalue weighted by Crippen LogP contribution is 2.10. The second kappa shape index (κ2) is 19.1. The van der Waals surface area contributed by atoms with Crippen molar-refractivity contribution in [3.05, 3.63) is 29.8 Å². The first-order chi connectivity index (χ1) is 19.7. The zero-order chi connectivity index (χ0) is 30.0. The van der Waals surface area contributed by atoms with Crippen LogP contribution in [0.15, 0.2) is 24.3 Å². The lowest BCUT2D eigenvalue weighted by atomic mass is 10.1. The molecule has 0 bridgehead atoms. The molecule has 1 aromatic carbocycles. The average Bonchev–Trinajstić information content (AvgIpc) is 2.92. The van der Waals surface area contributed by atoms with Gasteiger partial charge in [0.25, 0.3) is 5.91 Å².